The molecular formula is C18H18N2O4. The predicted molar refractivity (Wildman–Crippen MR) is 85.5 cm³/mol. The molecule has 1 fully saturated rings. The molecule has 3 rings (SSSR count). The number of furan rings is 1. The average Bonchev–Trinajstić information content (AvgIpc) is 3.17. The quantitative estimate of drug-likeness (QED) is 0.845. The lowest BCUT2D eigenvalue weighted by molar-refractivity contribution is -0.140. The number of hydrogen-bond acceptors (Lipinski definition) is 4. The molecule has 2 heterocycles. The Morgan fingerprint density at radius 1 is 1.17 bits per heavy atom. The molecule has 0 aliphatic carbocycles. The van der Waals surface area contributed by atoms with Gasteiger partial charge in [0, 0.05) is 6.54 Å². The number of ketones is 1. The zero-order valence-corrected chi connectivity index (χ0v) is 13.3. The van der Waals surface area contributed by atoms with Crippen molar-refractivity contribution in [2.24, 2.45) is 5.92 Å². The van der Waals surface area contributed by atoms with Gasteiger partial charge in [0.15, 0.2) is 11.7 Å². The van der Waals surface area contributed by atoms with Gasteiger partial charge < -0.3 is 14.6 Å². The first-order chi connectivity index (χ1) is 11.6. The smallest absolute Gasteiger partial charge is 0.243 e. The van der Waals surface area contributed by atoms with Gasteiger partial charge in [-0.3, -0.25) is 14.4 Å². The van der Waals surface area contributed by atoms with Gasteiger partial charge in [-0.25, -0.2) is 0 Å². The second-order valence-electron chi connectivity index (χ2n) is 5.76. The van der Waals surface area contributed by atoms with Gasteiger partial charge in [0.05, 0.1) is 18.8 Å². The van der Waals surface area contributed by atoms with Crippen molar-refractivity contribution >= 4 is 17.6 Å². The van der Waals surface area contributed by atoms with Crippen molar-refractivity contribution in [2.75, 3.05) is 0 Å². The summed E-state index contributed by atoms with van der Waals surface area (Å²) in [7, 11) is 0. The van der Waals surface area contributed by atoms with E-state index >= 15 is 0 Å². The highest BCUT2D eigenvalue weighted by atomic mass is 16.3. The number of benzene rings is 1. The largest absolute Gasteiger partial charge is 0.467 e. The van der Waals surface area contributed by atoms with Gasteiger partial charge in [-0.1, -0.05) is 30.3 Å². The molecule has 1 aromatic heterocycles. The Morgan fingerprint density at radius 2 is 1.92 bits per heavy atom. The third-order valence-corrected chi connectivity index (χ3v) is 4.17. The Hall–Kier alpha value is -2.89. The molecule has 1 aliphatic heterocycles. The van der Waals surface area contributed by atoms with Gasteiger partial charge in [0.25, 0.3) is 0 Å². The average molecular weight is 326 g/mol. The summed E-state index contributed by atoms with van der Waals surface area (Å²) in [5.41, 5.74) is 0.919. The summed E-state index contributed by atoms with van der Waals surface area (Å²) < 4.78 is 5.13. The Labute approximate surface area is 139 Å². The predicted octanol–water partition coefficient (Wildman–Crippen LogP) is 1.51. The van der Waals surface area contributed by atoms with Crippen molar-refractivity contribution in [1.82, 2.24) is 10.2 Å². The van der Waals surface area contributed by atoms with E-state index in [0.29, 0.717) is 12.3 Å². The fraction of sp³-hybridized carbons (Fsp3) is 0.278. The monoisotopic (exact) mass is 326 g/mol. The first-order valence-electron chi connectivity index (χ1n) is 7.76. The Morgan fingerprint density at radius 3 is 2.58 bits per heavy atom. The van der Waals surface area contributed by atoms with Crippen LogP contribution in [0.5, 0.6) is 0 Å². The maximum atomic E-state index is 12.6. The van der Waals surface area contributed by atoms with Crippen LogP contribution in [-0.4, -0.2) is 28.5 Å². The topological polar surface area (TPSA) is 79.6 Å². The maximum absolute atomic E-state index is 12.6. The zero-order valence-electron chi connectivity index (χ0n) is 13.3. The normalized spacial score (nSPS) is 20.5. The molecule has 2 atom stereocenters. The molecule has 2 aromatic rings. The standard InChI is InChI=1S/C18H18N2O4/c1-12-16(21)15(17(22)19-10-14-8-5-9-24-14)18(23)20(12)11-13-6-3-2-4-7-13/h2-9,12,15H,10-11H2,1H3,(H,19,22). The molecule has 1 saturated heterocycles. The van der Waals surface area contributed by atoms with Crippen LogP contribution in [0.3, 0.4) is 0 Å². The van der Waals surface area contributed by atoms with E-state index in [-0.39, 0.29) is 12.3 Å². The van der Waals surface area contributed by atoms with E-state index in [1.807, 2.05) is 30.3 Å². The fourth-order valence-electron chi connectivity index (χ4n) is 2.80. The summed E-state index contributed by atoms with van der Waals surface area (Å²) in [6.45, 7) is 2.12. The number of likely N-dealkylation sites (tertiary alicyclic amines) is 1. The number of rotatable bonds is 5. The van der Waals surface area contributed by atoms with Gasteiger partial charge >= 0.3 is 0 Å². The van der Waals surface area contributed by atoms with Gasteiger partial charge in [-0.15, -0.1) is 0 Å². The molecular weight excluding hydrogens is 308 g/mol. The van der Waals surface area contributed by atoms with Crippen molar-refractivity contribution in [1.29, 1.82) is 0 Å². The van der Waals surface area contributed by atoms with E-state index in [2.05, 4.69) is 5.32 Å². The van der Waals surface area contributed by atoms with E-state index in [0.717, 1.165) is 5.56 Å². The second-order valence-corrected chi connectivity index (χ2v) is 5.76. The van der Waals surface area contributed by atoms with Crippen molar-refractivity contribution in [3.63, 3.8) is 0 Å². The van der Waals surface area contributed by atoms with Gasteiger partial charge in [0.1, 0.15) is 5.76 Å². The number of nitrogens with zero attached hydrogens (tertiary/aromatic N) is 1. The number of nitrogens with one attached hydrogen (secondary N) is 1. The molecule has 124 valence electrons. The molecule has 0 bridgehead atoms. The summed E-state index contributed by atoms with van der Waals surface area (Å²) in [5.74, 6) is -2.11. The molecule has 1 N–H and O–H groups in total. The van der Waals surface area contributed by atoms with E-state index < -0.39 is 23.8 Å². The minimum atomic E-state index is -1.28. The van der Waals surface area contributed by atoms with E-state index in [9.17, 15) is 14.4 Å². The maximum Gasteiger partial charge on any atom is 0.243 e. The number of Topliss-reactive ketones (excluding diaryl/α,β-unsaturated/α-hetero) is 1. The third-order valence-electron chi connectivity index (χ3n) is 4.17. The van der Waals surface area contributed by atoms with Crippen LogP contribution in [-0.2, 0) is 27.5 Å². The molecule has 1 aromatic carbocycles. The molecule has 2 amide bonds. The molecule has 6 heteroatoms. The molecule has 0 radical (unpaired) electrons. The summed E-state index contributed by atoms with van der Waals surface area (Å²) >= 11 is 0. The highest BCUT2D eigenvalue weighted by Gasteiger charge is 2.48. The third kappa shape index (κ3) is 3.08. The molecule has 24 heavy (non-hydrogen) atoms. The van der Waals surface area contributed by atoms with Crippen LogP contribution in [0.2, 0.25) is 0 Å². The summed E-state index contributed by atoms with van der Waals surface area (Å²) in [5, 5.41) is 2.59. The van der Waals surface area contributed by atoms with Crippen molar-refractivity contribution < 1.29 is 18.8 Å². The first-order valence-corrected chi connectivity index (χ1v) is 7.76. The molecule has 0 saturated carbocycles. The summed E-state index contributed by atoms with van der Waals surface area (Å²) in [6.07, 6.45) is 1.50. The minimum Gasteiger partial charge on any atom is -0.467 e. The van der Waals surface area contributed by atoms with Crippen LogP contribution in [0.15, 0.2) is 53.1 Å². The molecule has 0 spiro atoms. The highest BCUT2D eigenvalue weighted by Crippen LogP contribution is 2.24. The Kier molecular flexibility index (Phi) is 4.46. The number of amides is 2. The number of hydrogen-bond donors (Lipinski definition) is 1. The zero-order chi connectivity index (χ0) is 17.1. The van der Waals surface area contributed by atoms with Crippen LogP contribution in [0, 0.1) is 5.92 Å². The Bertz CT molecular complexity index is 740. The van der Waals surface area contributed by atoms with E-state index in [1.54, 1.807) is 19.1 Å². The highest BCUT2D eigenvalue weighted by molar-refractivity contribution is 6.23. The minimum absolute atomic E-state index is 0.149. The van der Waals surface area contributed by atoms with Crippen LogP contribution in [0.4, 0.5) is 0 Å². The van der Waals surface area contributed by atoms with Crippen LogP contribution in [0.25, 0.3) is 0 Å². The SMILES string of the molecule is CC1C(=O)C(C(=O)NCc2ccco2)C(=O)N1Cc1ccccc1. The molecule has 2 unspecified atom stereocenters. The summed E-state index contributed by atoms with van der Waals surface area (Å²) in [6, 6.07) is 12.2. The summed E-state index contributed by atoms with van der Waals surface area (Å²) in [4.78, 5) is 38.7. The Balaban J connectivity index is 1.69. The van der Waals surface area contributed by atoms with E-state index in [4.69, 9.17) is 4.42 Å². The second kappa shape index (κ2) is 6.70. The molecule has 1 aliphatic rings. The number of carbonyl (C=O) groups excluding carboxylic acids is 3. The van der Waals surface area contributed by atoms with Gasteiger partial charge in [-0.05, 0) is 24.6 Å². The van der Waals surface area contributed by atoms with Crippen LogP contribution < -0.4 is 5.32 Å². The van der Waals surface area contributed by atoms with E-state index in [1.165, 1.54) is 11.2 Å². The number of carbonyl (C=O) groups is 3. The van der Waals surface area contributed by atoms with Crippen molar-refractivity contribution in [3.05, 3.63) is 60.1 Å². The lowest BCUT2D eigenvalue weighted by atomic mass is 10.0. The van der Waals surface area contributed by atoms with Crippen molar-refractivity contribution in [3.8, 4) is 0 Å². The first kappa shape index (κ1) is 16.0. The van der Waals surface area contributed by atoms with Crippen molar-refractivity contribution in [2.45, 2.75) is 26.1 Å². The fourth-order valence-corrected chi connectivity index (χ4v) is 2.80. The van der Waals surface area contributed by atoms with Gasteiger partial charge in [-0.2, -0.15) is 0 Å². The molecule has 6 nitrogen and oxygen atoms in total. The van der Waals surface area contributed by atoms with Gasteiger partial charge in [0.2, 0.25) is 11.8 Å². The van der Waals surface area contributed by atoms with Crippen LogP contribution >= 0.6 is 0 Å². The van der Waals surface area contributed by atoms with Crippen LogP contribution in [0.1, 0.15) is 18.2 Å². The lowest BCUT2D eigenvalue weighted by Crippen LogP contribution is -2.38. The lowest BCUT2D eigenvalue weighted by Gasteiger charge is -2.20.